The Bertz CT molecular complexity index is 541. The van der Waals surface area contributed by atoms with Crippen LogP contribution >= 0.6 is 0 Å². The van der Waals surface area contributed by atoms with Crippen molar-refractivity contribution in [3.63, 3.8) is 0 Å². The van der Waals surface area contributed by atoms with Crippen molar-refractivity contribution in [3.05, 3.63) is 35.5 Å². The van der Waals surface area contributed by atoms with Crippen LogP contribution in [0.1, 0.15) is 30.1 Å². The first-order valence-corrected chi connectivity index (χ1v) is 6.10. The molecule has 1 unspecified atom stereocenters. The van der Waals surface area contributed by atoms with Gasteiger partial charge in [0.1, 0.15) is 11.5 Å². The largest absolute Gasteiger partial charge is 0.316 e. The van der Waals surface area contributed by atoms with E-state index < -0.39 is 0 Å². The molecule has 0 aromatic carbocycles. The second-order valence-electron chi connectivity index (χ2n) is 4.70. The Labute approximate surface area is 99.7 Å². The van der Waals surface area contributed by atoms with Crippen molar-refractivity contribution in [1.82, 2.24) is 14.7 Å². The average molecular weight is 233 g/mol. The summed E-state index contributed by atoms with van der Waals surface area (Å²) in [6.07, 6.45) is 3.87. The van der Waals surface area contributed by atoms with Gasteiger partial charge in [-0.1, -0.05) is 0 Å². The van der Waals surface area contributed by atoms with E-state index in [4.69, 9.17) is 0 Å². The van der Waals surface area contributed by atoms with Crippen molar-refractivity contribution < 1.29 is 4.39 Å². The molecule has 4 heteroatoms. The lowest BCUT2D eigenvalue weighted by molar-refractivity contribution is 0.454. The fraction of sp³-hybridized carbons (Fsp3) is 0.462. The number of hydrogen-bond acceptors (Lipinski definition) is 2. The monoisotopic (exact) mass is 233 g/mol. The summed E-state index contributed by atoms with van der Waals surface area (Å²) >= 11 is 0. The first kappa shape index (κ1) is 10.7. The van der Waals surface area contributed by atoms with Gasteiger partial charge in [-0.25, -0.2) is 9.37 Å². The summed E-state index contributed by atoms with van der Waals surface area (Å²) in [6.45, 7) is 4.09. The maximum atomic E-state index is 13.2. The number of hydrogen-bond donors (Lipinski definition) is 1. The fourth-order valence-corrected chi connectivity index (χ4v) is 2.63. The highest BCUT2D eigenvalue weighted by Gasteiger charge is 2.21. The molecule has 0 radical (unpaired) electrons. The minimum absolute atomic E-state index is 0.216. The van der Waals surface area contributed by atoms with Crippen LogP contribution in [0.15, 0.2) is 18.3 Å². The highest BCUT2D eigenvalue weighted by molar-refractivity contribution is 5.44. The average Bonchev–Trinajstić information content (AvgIpc) is 2.68. The number of piperidine rings is 1. The minimum Gasteiger partial charge on any atom is -0.316 e. The third-order valence-corrected chi connectivity index (χ3v) is 3.54. The smallest absolute Gasteiger partial charge is 0.139 e. The first-order valence-electron chi connectivity index (χ1n) is 6.10. The number of fused-ring (bicyclic) bond motifs is 1. The lowest BCUT2D eigenvalue weighted by Crippen LogP contribution is -2.28. The fourth-order valence-electron chi connectivity index (χ4n) is 2.63. The van der Waals surface area contributed by atoms with E-state index in [9.17, 15) is 4.39 Å². The van der Waals surface area contributed by atoms with Crippen LogP contribution in [0.3, 0.4) is 0 Å². The van der Waals surface area contributed by atoms with E-state index in [1.807, 2.05) is 11.3 Å². The third-order valence-electron chi connectivity index (χ3n) is 3.54. The van der Waals surface area contributed by atoms with E-state index in [1.165, 1.54) is 25.1 Å². The lowest BCUT2D eigenvalue weighted by atomic mass is 9.95. The molecule has 0 bridgehead atoms. The number of imidazole rings is 1. The number of nitrogens with one attached hydrogen (secondary N) is 1. The van der Waals surface area contributed by atoms with Crippen molar-refractivity contribution in [2.24, 2.45) is 0 Å². The second kappa shape index (κ2) is 4.11. The molecule has 2 aromatic rings. The van der Waals surface area contributed by atoms with Crippen molar-refractivity contribution in [1.29, 1.82) is 0 Å². The molecule has 0 saturated carbocycles. The molecule has 1 fully saturated rings. The number of aromatic nitrogens is 2. The summed E-state index contributed by atoms with van der Waals surface area (Å²) in [5.41, 5.74) is 3.01. The highest BCUT2D eigenvalue weighted by atomic mass is 19.1. The molecule has 0 aliphatic carbocycles. The van der Waals surface area contributed by atoms with Gasteiger partial charge in [0.05, 0.1) is 5.69 Å². The predicted octanol–water partition coefficient (Wildman–Crippen LogP) is 2.25. The summed E-state index contributed by atoms with van der Waals surface area (Å²) < 4.78 is 15.1. The van der Waals surface area contributed by atoms with Crippen LogP contribution in [0.5, 0.6) is 0 Å². The quantitative estimate of drug-likeness (QED) is 0.818. The Morgan fingerprint density at radius 3 is 3.12 bits per heavy atom. The van der Waals surface area contributed by atoms with Gasteiger partial charge in [-0.05, 0) is 38.4 Å². The van der Waals surface area contributed by atoms with Crippen LogP contribution in [0.25, 0.3) is 5.65 Å². The number of pyridine rings is 1. The molecule has 1 aliphatic rings. The van der Waals surface area contributed by atoms with E-state index in [0.717, 1.165) is 30.1 Å². The van der Waals surface area contributed by atoms with Gasteiger partial charge in [0, 0.05) is 24.4 Å². The summed E-state index contributed by atoms with van der Waals surface area (Å²) in [7, 11) is 0. The second-order valence-corrected chi connectivity index (χ2v) is 4.70. The highest BCUT2D eigenvalue weighted by Crippen LogP contribution is 2.26. The van der Waals surface area contributed by atoms with Crippen molar-refractivity contribution in [3.8, 4) is 0 Å². The Morgan fingerprint density at radius 1 is 1.47 bits per heavy atom. The molecule has 1 atom stereocenters. The zero-order valence-electron chi connectivity index (χ0n) is 9.91. The number of halogens is 1. The van der Waals surface area contributed by atoms with Crippen molar-refractivity contribution >= 4 is 5.65 Å². The maximum absolute atomic E-state index is 13.2. The minimum atomic E-state index is -0.216. The topological polar surface area (TPSA) is 29.3 Å². The van der Waals surface area contributed by atoms with Gasteiger partial charge >= 0.3 is 0 Å². The maximum Gasteiger partial charge on any atom is 0.139 e. The van der Waals surface area contributed by atoms with Crippen LogP contribution in [0.4, 0.5) is 4.39 Å². The van der Waals surface area contributed by atoms with E-state index in [0.29, 0.717) is 5.92 Å². The molecule has 2 aromatic heterocycles. The molecule has 1 N–H and O–H groups in total. The van der Waals surface area contributed by atoms with Gasteiger partial charge in [0.2, 0.25) is 0 Å². The molecule has 1 saturated heterocycles. The molecule has 3 heterocycles. The predicted molar refractivity (Wildman–Crippen MR) is 64.7 cm³/mol. The van der Waals surface area contributed by atoms with Crippen LogP contribution in [-0.4, -0.2) is 22.5 Å². The Hall–Kier alpha value is -1.42. The molecule has 3 rings (SSSR count). The molecule has 1 aliphatic heterocycles. The number of aryl methyl sites for hydroxylation is 1. The van der Waals surface area contributed by atoms with E-state index >= 15 is 0 Å². The molecule has 17 heavy (non-hydrogen) atoms. The summed E-state index contributed by atoms with van der Waals surface area (Å²) in [6, 6.07) is 3.20. The van der Waals surface area contributed by atoms with E-state index in [-0.39, 0.29) is 5.82 Å². The van der Waals surface area contributed by atoms with Crippen LogP contribution in [0, 0.1) is 12.7 Å². The van der Waals surface area contributed by atoms with Gasteiger partial charge in [-0.3, -0.25) is 0 Å². The van der Waals surface area contributed by atoms with Gasteiger partial charge in [0.15, 0.2) is 0 Å². The SMILES string of the molecule is Cc1c(C2CCCNC2)nc2ccc(F)cn12. The first-order chi connectivity index (χ1) is 8.25. The molecular weight excluding hydrogens is 217 g/mol. The Morgan fingerprint density at radius 2 is 2.35 bits per heavy atom. The molecular formula is C13H16FN3. The number of rotatable bonds is 1. The normalized spacial score (nSPS) is 20.9. The zero-order valence-corrected chi connectivity index (χ0v) is 9.91. The zero-order chi connectivity index (χ0) is 11.8. The van der Waals surface area contributed by atoms with Crippen molar-refractivity contribution in [2.75, 3.05) is 13.1 Å². The van der Waals surface area contributed by atoms with Gasteiger partial charge in [-0.15, -0.1) is 0 Å². The van der Waals surface area contributed by atoms with Crippen molar-refractivity contribution in [2.45, 2.75) is 25.7 Å². The number of nitrogens with zero attached hydrogens (tertiary/aromatic N) is 2. The van der Waals surface area contributed by atoms with Crippen LogP contribution in [0.2, 0.25) is 0 Å². The lowest BCUT2D eigenvalue weighted by Gasteiger charge is -2.21. The van der Waals surface area contributed by atoms with Crippen LogP contribution < -0.4 is 5.32 Å². The summed E-state index contributed by atoms with van der Waals surface area (Å²) in [5.74, 6) is 0.248. The summed E-state index contributed by atoms with van der Waals surface area (Å²) in [5, 5.41) is 3.39. The van der Waals surface area contributed by atoms with Gasteiger partial charge in [0.25, 0.3) is 0 Å². The summed E-state index contributed by atoms with van der Waals surface area (Å²) in [4.78, 5) is 4.63. The van der Waals surface area contributed by atoms with E-state index in [1.54, 1.807) is 6.07 Å². The molecule has 0 amide bonds. The van der Waals surface area contributed by atoms with Gasteiger partial charge < -0.3 is 9.72 Å². The third kappa shape index (κ3) is 1.82. The van der Waals surface area contributed by atoms with Gasteiger partial charge in [-0.2, -0.15) is 0 Å². The Kier molecular flexibility index (Phi) is 2.59. The molecule has 90 valence electrons. The van der Waals surface area contributed by atoms with Crippen LogP contribution in [-0.2, 0) is 0 Å². The molecule has 3 nitrogen and oxygen atoms in total. The van der Waals surface area contributed by atoms with E-state index in [2.05, 4.69) is 10.3 Å². The molecule has 0 spiro atoms. The Balaban J connectivity index is 2.07. The standard InChI is InChI=1S/C13H16FN3/c1-9-13(10-3-2-6-15-7-10)16-12-5-4-11(14)8-17(9)12/h4-5,8,10,15H,2-3,6-7H2,1H3.